The number of hydrogen-bond acceptors (Lipinski definition) is 2. The molecule has 3 heterocycles. The summed E-state index contributed by atoms with van der Waals surface area (Å²) in [6.07, 6.45) is -20.3. The van der Waals surface area contributed by atoms with Gasteiger partial charge in [0.1, 0.15) is 0 Å². The van der Waals surface area contributed by atoms with E-state index in [1.807, 2.05) is 155 Å². The van der Waals surface area contributed by atoms with Crippen molar-refractivity contribution >= 4 is 43.6 Å². The van der Waals surface area contributed by atoms with Crippen LogP contribution in [0.3, 0.4) is 0 Å². The zero-order valence-electron chi connectivity index (χ0n) is 43.3. The third kappa shape index (κ3) is 9.66. The second kappa shape index (κ2) is 19.9. The largest absolute Gasteiger partial charge is 0.416 e. The summed E-state index contributed by atoms with van der Waals surface area (Å²) < 4.78 is 174. The average molecular weight is 1140 g/mol. The van der Waals surface area contributed by atoms with Crippen LogP contribution in [0.2, 0.25) is 0 Å². The van der Waals surface area contributed by atoms with Gasteiger partial charge >= 0.3 is 24.7 Å². The SMILES string of the molecule is FC(F)(F)c1cc(-c2ccc3c(c2)c2ccccc2n3-c2ccccc2-c2ccc(-c3nc(-c4ccccc4)cc(-c4ccccc4)n3)cc2-n2c3ccccc3c3cc(-c4cc(C(F)(F)F)cc(C(F)(F)F)c4)ccc32)cc(C(F)(F)F)c1. The zero-order chi connectivity index (χ0) is 58.5. The van der Waals surface area contributed by atoms with Gasteiger partial charge in [-0.05, 0) is 113 Å². The summed E-state index contributed by atoms with van der Waals surface area (Å²) in [7, 11) is 0. The third-order valence-corrected chi connectivity index (χ3v) is 15.0. The smallest absolute Gasteiger partial charge is 0.309 e. The molecule has 0 fully saturated rings. The van der Waals surface area contributed by atoms with Gasteiger partial charge in [0.05, 0.1) is 67.1 Å². The van der Waals surface area contributed by atoms with E-state index < -0.39 is 47.0 Å². The number of nitrogens with zero attached hydrogens (tertiary/aromatic N) is 4. The molecule has 0 aliphatic carbocycles. The Morgan fingerprint density at radius 3 is 1.07 bits per heavy atom. The monoisotopic (exact) mass is 1140 g/mol. The molecule has 0 saturated heterocycles. The van der Waals surface area contributed by atoms with Gasteiger partial charge in [-0.25, -0.2) is 9.97 Å². The zero-order valence-corrected chi connectivity index (χ0v) is 43.3. The van der Waals surface area contributed by atoms with Crippen molar-refractivity contribution in [1.82, 2.24) is 19.1 Å². The third-order valence-electron chi connectivity index (χ3n) is 15.0. The number of aromatic nitrogens is 4. The predicted molar refractivity (Wildman–Crippen MR) is 303 cm³/mol. The minimum atomic E-state index is -5.08. The quantitative estimate of drug-likeness (QED) is 0.142. The number of para-hydroxylation sites is 3. The summed E-state index contributed by atoms with van der Waals surface area (Å²) in [5.74, 6) is 0.352. The Labute approximate surface area is 469 Å². The molecule has 10 aromatic carbocycles. The highest BCUT2D eigenvalue weighted by Crippen LogP contribution is 2.46. The highest BCUT2D eigenvalue weighted by molar-refractivity contribution is 6.13. The molecule has 13 rings (SSSR count). The molecule has 0 radical (unpaired) electrons. The maximum atomic E-state index is 14.3. The molecule has 0 saturated carbocycles. The number of alkyl halides is 12. The molecule has 0 amide bonds. The number of hydrogen-bond donors (Lipinski definition) is 0. The molecule has 0 unspecified atom stereocenters. The van der Waals surface area contributed by atoms with Gasteiger partial charge in [0.25, 0.3) is 0 Å². The Hall–Kier alpha value is -9.96. The van der Waals surface area contributed by atoms with E-state index in [1.54, 1.807) is 36.4 Å². The summed E-state index contributed by atoms with van der Waals surface area (Å²) in [6, 6.07) is 61.2. The maximum Gasteiger partial charge on any atom is 0.416 e. The normalized spacial score (nSPS) is 12.5. The Balaban J connectivity index is 1.06. The Morgan fingerprint density at radius 2 is 0.619 bits per heavy atom. The predicted octanol–water partition coefficient (Wildman–Crippen LogP) is 20.7. The van der Waals surface area contributed by atoms with Crippen LogP contribution in [0, 0.1) is 0 Å². The lowest BCUT2D eigenvalue weighted by Gasteiger charge is -2.20. The van der Waals surface area contributed by atoms with E-state index in [9.17, 15) is 52.7 Å². The molecule has 414 valence electrons. The number of fused-ring (bicyclic) bond motifs is 6. The van der Waals surface area contributed by atoms with Gasteiger partial charge in [-0.3, -0.25) is 0 Å². The van der Waals surface area contributed by atoms with E-state index in [0.717, 1.165) is 11.1 Å². The fourth-order valence-electron chi connectivity index (χ4n) is 11.1. The van der Waals surface area contributed by atoms with Crippen LogP contribution in [0.4, 0.5) is 52.7 Å². The van der Waals surface area contributed by atoms with Crippen LogP contribution >= 0.6 is 0 Å². The highest BCUT2D eigenvalue weighted by Gasteiger charge is 2.39. The summed E-state index contributed by atoms with van der Waals surface area (Å²) in [5, 5.41) is 2.31. The molecule has 0 aliphatic rings. The minimum Gasteiger partial charge on any atom is -0.309 e. The molecule has 0 bridgehead atoms. The second-order valence-corrected chi connectivity index (χ2v) is 20.2. The molecular formula is C68H38F12N4. The van der Waals surface area contributed by atoms with Crippen molar-refractivity contribution in [3.05, 3.63) is 253 Å². The van der Waals surface area contributed by atoms with Gasteiger partial charge in [-0.1, -0.05) is 140 Å². The van der Waals surface area contributed by atoms with Crippen molar-refractivity contribution in [2.24, 2.45) is 0 Å². The summed E-state index contributed by atoms with van der Waals surface area (Å²) in [4.78, 5) is 10.3. The second-order valence-electron chi connectivity index (χ2n) is 20.2. The van der Waals surface area contributed by atoms with Crippen LogP contribution in [0.5, 0.6) is 0 Å². The number of rotatable bonds is 8. The highest BCUT2D eigenvalue weighted by atomic mass is 19.4. The Kier molecular flexibility index (Phi) is 12.6. The van der Waals surface area contributed by atoms with Crippen molar-refractivity contribution in [3.8, 4) is 78.7 Å². The first-order valence-electron chi connectivity index (χ1n) is 26.1. The molecule has 0 aliphatic heterocycles. The molecular weight excluding hydrogens is 1100 g/mol. The lowest BCUT2D eigenvalue weighted by molar-refractivity contribution is -0.144. The van der Waals surface area contributed by atoms with Crippen LogP contribution in [0.1, 0.15) is 22.3 Å². The van der Waals surface area contributed by atoms with Crippen molar-refractivity contribution in [3.63, 3.8) is 0 Å². The van der Waals surface area contributed by atoms with Crippen molar-refractivity contribution < 1.29 is 52.7 Å². The molecule has 16 heteroatoms. The molecule has 13 aromatic rings. The summed E-state index contributed by atoms with van der Waals surface area (Å²) >= 11 is 0. The van der Waals surface area contributed by atoms with Gasteiger partial charge in [0, 0.05) is 49.4 Å². The number of halogens is 12. The van der Waals surface area contributed by atoms with Gasteiger partial charge in [0.15, 0.2) is 5.82 Å². The fraction of sp³-hybridized carbons (Fsp3) is 0.0588. The van der Waals surface area contributed by atoms with Crippen LogP contribution in [-0.2, 0) is 24.7 Å². The number of benzene rings is 10. The summed E-state index contributed by atoms with van der Waals surface area (Å²) in [6.45, 7) is 0. The first-order chi connectivity index (χ1) is 40.2. The van der Waals surface area contributed by atoms with E-state index in [2.05, 4.69) is 0 Å². The van der Waals surface area contributed by atoms with Crippen LogP contribution in [0.15, 0.2) is 231 Å². The van der Waals surface area contributed by atoms with Crippen LogP contribution in [0.25, 0.3) is 122 Å². The Bertz CT molecular complexity index is 4600. The molecule has 4 nitrogen and oxygen atoms in total. The molecule has 3 aromatic heterocycles. The first kappa shape index (κ1) is 53.4. The average Bonchev–Trinajstić information content (AvgIpc) is 2.19. The van der Waals surface area contributed by atoms with E-state index in [-0.39, 0.29) is 34.4 Å². The lowest BCUT2D eigenvalue weighted by Crippen LogP contribution is -2.11. The fourth-order valence-corrected chi connectivity index (χ4v) is 11.1. The molecule has 0 N–H and O–H groups in total. The molecule has 0 atom stereocenters. The molecule has 0 spiro atoms. The van der Waals surface area contributed by atoms with Gasteiger partial charge in [-0.15, -0.1) is 0 Å². The van der Waals surface area contributed by atoms with Gasteiger partial charge < -0.3 is 9.13 Å². The van der Waals surface area contributed by atoms with E-state index >= 15 is 0 Å². The van der Waals surface area contributed by atoms with E-state index in [0.29, 0.717) is 113 Å². The van der Waals surface area contributed by atoms with E-state index in [1.165, 1.54) is 12.1 Å². The summed E-state index contributed by atoms with van der Waals surface area (Å²) in [5.41, 5.74) is 2.14. The Morgan fingerprint density at radius 1 is 0.250 bits per heavy atom. The molecule has 84 heavy (non-hydrogen) atoms. The lowest BCUT2D eigenvalue weighted by atomic mass is 9.97. The van der Waals surface area contributed by atoms with Crippen LogP contribution < -0.4 is 0 Å². The van der Waals surface area contributed by atoms with Crippen molar-refractivity contribution in [1.29, 1.82) is 0 Å². The van der Waals surface area contributed by atoms with Crippen molar-refractivity contribution in [2.75, 3.05) is 0 Å². The van der Waals surface area contributed by atoms with E-state index in [4.69, 9.17) is 9.97 Å². The topological polar surface area (TPSA) is 35.6 Å². The van der Waals surface area contributed by atoms with Crippen molar-refractivity contribution in [2.45, 2.75) is 24.7 Å². The standard InChI is InChI=1S/C68H38F12N4/c69-65(70,71)46-29-44(30-47(36-46)66(72,73)74)41-24-27-61-54(33-41)51-18-8-11-21-59(51)83(61)58-20-10-7-17-50(58)53-26-23-43(64-81-56(39-13-3-1-4-14-39)38-57(82-64)40-15-5-2-6-16-40)35-63(53)84-60-22-12-9-19-52(60)55-34-42(25-28-62(55)84)45-31-48(67(75,76)77)37-49(32-45)68(78,79)80/h1-38H. The van der Waals surface area contributed by atoms with Gasteiger partial charge in [0.2, 0.25) is 0 Å². The maximum absolute atomic E-state index is 14.3. The van der Waals surface area contributed by atoms with Crippen LogP contribution in [-0.4, -0.2) is 19.1 Å². The van der Waals surface area contributed by atoms with Gasteiger partial charge in [-0.2, -0.15) is 52.7 Å². The first-order valence-corrected chi connectivity index (χ1v) is 26.1. The minimum absolute atomic E-state index is 0.0929.